The Morgan fingerprint density at radius 2 is 1.89 bits per heavy atom. The number of carboxylic acids is 1. The second-order valence-corrected chi connectivity index (χ2v) is 13.5. The molecule has 3 amide bonds. The molecule has 3 unspecified atom stereocenters. The molecular formula is C34H49N3O15S. The third-order valence-electron chi connectivity index (χ3n) is 7.52. The number of hydrogen-bond acceptors (Lipinski definition) is 13. The molecule has 1 aliphatic rings. The van der Waals surface area contributed by atoms with E-state index in [1.165, 1.54) is 4.90 Å². The molecule has 2 rings (SSSR count). The third-order valence-corrected chi connectivity index (χ3v) is 8.27. The Morgan fingerprint density at radius 3 is 2.57 bits per heavy atom. The van der Waals surface area contributed by atoms with Crippen molar-refractivity contribution in [3.8, 4) is 11.5 Å². The van der Waals surface area contributed by atoms with E-state index >= 15 is 0 Å². The second kappa shape index (κ2) is 23.2. The van der Waals surface area contributed by atoms with Crippen molar-refractivity contribution in [2.24, 2.45) is 0 Å². The van der Waals surface area contributed by atoms with Gasteiger partial charge in [-0.15, -0.1) is 0 Å². The number of nitrogens with zero attached hydrogens (tertiary/aromatic N) is 1. The molecule has 1 aromatic carbocycles. The van der Waals surface area contributed by atoms with E-state index in [9.17, 15) is 47.2 Å². The van der Waals surface area contributed by atoms with Gasteiger partial charge in [-0.2, -0.15) is 8.42 Å². The number of allylic oxidation sites excluding steroid dienone is 2. The van der Waals surface area contributed by atoms with Crippen LogP contribution in [0.25, 0.3) is 0 Å². The first-order valence-corrected chi connectivity index (χ1v) is 18.4. The Hall–Kier alpha value is -4.56. The number of carbonyl (C=O) groups excluding carboxylic acids is 4. The van der Waals surface area contributed by atoms with Crippen LogP contribution in [0.3, 0.4) is 0 Å². The summed E-state index contributed by atoms with van der Waals surface area (Å²) in [6.07, 6.45) is 1.18. The predicted molar refractivity (Wildman–Crippen MR) is 187 cm³/mol. The first-order chi connectivity index (χ1) is 25.1. The number of amides is 3. The van der Waals surface area contributed by atoms with Crippen molar-refractivity contribution in [2.45, 2.75) is 76.6 Å². The van der Waals surface area contributed by atoms with Crippen LogP contribution in [-0.2, 0) is 54.9 Å². The zero-order chi connectivity index (χ0) is 39.4. The largest absolute Gasteiger partial charge is 0.494 e. The number of carboxylic acid groups (broad SMARTS) is 1. The number of rotatable bonds is 25. The van der Waals surface area contributed by atoms with Crippen molar-refractivity contribution in [2.75, 3.05) is 45.7 Å². The maximum atomic E-state index is 12.7. The molecule has 1 saturated heterocycles. The summed E-state index contributed by atoms with van der Waals surface area (Å²) in [4.78, 5) is 60.0. The molecule has 0 aliphatic carbocycles. The van der Waals surface area contributed by atoms with E-state index in [0.29, 0.717) is 54.9 Å². The van der Waals surface area contributed by atoms with Gasteiger partial charge in [0.05, 0.1) is 25.1 Å². The van der Waals surface area contributed by atoms with Crippen LogP contribution in [0.5, 0.6) is 11.5 Å². The highest BCUT2D eigenvalue weighted by Crippen LogP contribution is 2.29. The number of carbonyl (C=O) groups is 5. The topological polar surface area (TPSA) is 254 Å². The first-order valence-electron chi connectivity index (χ1n) is 16.8. The lowest BCUT2D eigenvalue weighted by atomic mass is 10.1. The van der Waals surface area contributed by atoms with Crippen molar-refractivity contribution in [3.05, 3.63) is 48.3 Å². The Bertz CT molecular complexity index is 1530. The molecule has 0 spiro atoms. The molecule has 19 heteroatoms. The Kier molecular flexibility index (Phi) is 19.5. The summed E-state index contributed by atoms with van der Waals surface area (Å²) in [7, 11) is -3.05. The lowest BCUT2D eigenvalue weighted by Crippen LogP contribution is -2.50. The molecule has 1 fully saturated rings. The van der Waals surface area contributed by atoms with Crippen LogP contribution in [-0.4, -0.2) is 128 Å². The van der Waals surface area contributed by atoms with Gasteiger partial charge in [-0.05, 0) is 44.4 Å². The second-order valence-electron chi connectivity index (χ2n) is 12.0. The summed E-state index contributed by atoms with van der Waals surface area (Å²) in [6, 6.07) is 3.35. The van der Waals surface area contributed by atoms with Crippen LogP contribution >= 0.6 is 0 Å². The maximum absolute atomic E-state index is 12.7. The number of aldehydes is 1. The van der Waals surface area contributed by atoms with Gasteiger partial charge in [0.15, 0.2) is 6.10 Å². The number of unbranched alkanes of at least 4 members (excludes halogenated alkanes) is 2. The van der Waals surface area contributed by atoms with Gasteiger partial charge in [0.1, 0.15) is 42.8 Å². The molecule has 53 heavy (non-hydrogen) atoms. The number of aliphatic carboxylic acids is 1. The summed E-state index contributed by atoms with van der Waals surface area (Å²) >= 11 is 0. The first kappa shape index (κ1) is 44.6. The molecular weight excluding hydrogens is 722 g/mol. The summed E-state index contributed by atoms with van der Waals surface area (Å²) < 4.78 is 60.4. The van der Waals surface area contributed by atoms with Crippen LogP contribution in [0, 0.1) is 0 Å². The van der Waals surface area contributed by atoms with Gasteiger partial charge >= 0.3 is 5.97 Å². The number of likely N-dealkylation sites (N-methyl/N-ethyl adjacent to an activating group) is 1. The minimum Gasteiger partial charge on any atom is -0.494 e. The van der Waals surface area contributed by atoms with Crippen LogP contribution < -0.4 is 20.1 Å². The molecule has 0 aromatic heterocycles. The SMILES string of the molecule is C=C(C)OCc1ccc(OC2CC[C@H](O)C(C(=O)O)O2)cc1OCCOCCNC(=O)C(CS(=O)(=O)O)NC(=O)CCCCCN(C)C(=O)/C=C\C=O. The van der Waals surface area contributed by atoms with Gasteiger partial charge in [0.2, 0.25) is 24.0 Å². The van der Waals surface area contributed by atoms with Gasteiger partial charge in [-0.3, -0.25) is 23.7 Å². The monoisotopic (exact) mass is 771 g/mol. The van der Waals surface area contributed by atoms with E-state index in [1.807, 2.05) is 0 Å². The maximum Gasteiger partial charge on any atom is 0.335 e. The molecule has 1 heterocycles. The van der Waals surface area contributed by atoms with Gasteiger partial charge < -0.3 is 49.4 Å². The van der Waals surface area contributed by atoms with E-state index in [0.717, 1.165) is 12.2 Å². The highest BCUT2D eigenvalue weighted by Gasteiger charge is 2.36. The fourth-order valence-electron chi connectivity index (χ4n) is 4.82. The van der Waals surface area contributed by atoms with Gasteiger partial charge in [0.25, 0.3) is 10.1 Å². The highest BCUT2D eigenvalue weighted by atomic mass is 32.2. The normalized spacial score (nSPS) is 17.7. The zero-order valence-electron chi connectivity index (χ0n) is 29.8. The van der Waals surface area contributed by atoms with Crippen LogP contribution in [0.1, 0.15) is 51.0 Å². The highest BCUT2D eigenvalue weighted by molar-refractivity contribution is 7.85. The number of hydrogen-bond donors (Lipinski definition) is 5. The predicted octanol–water partition coefficient (Wildman–Crippen LogP) is 0.724. The summed E-state index contributed by atoms with van der Waals surface area (Å²) in [5, 5.41) is 24.0. The van der Waals surface area contributed by atoms with Gasteiger partial charge in [-0.1, -0.05) is 13.0 Å². The number of ether oxygens (including phenoxy) is 5. The van der Waals surface area contributed by atoms with Crippen molar-refractivity contribution < 1.29 is 70.8 Å². The number of nitrogens with one attached hydrogen (secondary N) is 2. The Balaban J connectivity index is 1.81. The molecule has 1 aliphatic heterocycles. The quantitative estimate of drug-likeness (QED) is 0.0302. The average Bonchev–Trinajstić information content (AvgIpc) is 3.09. The smallest absolute Gasteiger partial charge is 0.335 e. The van der Waals surface area contributed by atoms with E-state index in [1.54, 1.807) is 32.2 Å². The summed E-state index contributed by atoms with van der Waals surface area (Å²) in [6.45, 7) is 5.97. The molecule has 296 valence electrons. The van der Waals surface area contributed by atoms with E-state index in [2.05, 4.69) is 17.2 Å². The summed E-state index contributed by atoms with van der Waals surface area (Å²) in [5.41, 5.74) is 0.645. The van der Waals surface area contributed by atoms with Crippen LogP contribution in [0.4, 0.5) is 0 Å². The van der Waals surface area contributed by atoms with Crippen molar-refractivity contribution in [1.29, 1.82) is 0 Å². The minimum absolute atomic E-state index is 0.00603. The molecule has 4 atom stereocenters. The molecule has 1 aromatic rings. The Labute approximate surface area is 308 Å². The van der Waals surface area contributed by atoms with Gasteiger partial charge in [0, 0.05) is 50.7 Å². The van der Waals surface area contributed by atoms with Crippen molar-refractivity contribution >= 4 is 40.1 Å². The van der Waals surface area contributed by atoms with Crippen LogP contribution in [0.2, 0.25) is 0 Å². The standard InChI is InChI=1S/C34H49N3O15S/c1-23(2)50-21-24-10-11-25(51-31-13-12-27(39)32(52-31)34(43)44)20-28(24)49-19-18-48-17-14-35-33(42)26(22-53(45,46)47)36-29(40)8-5-4-6-15-37(3)30(41)9-7-16-38/h7,9-11,16,20,26-27,31-32,39H,1,4-6,8,12-15,17-19,21-22H2,2-3H3,(H,35,42)(H,36,40)(H,43,44)(H,45,46,47)/b9-7-/t26?,27-,31?,32?/m0/s1. The fraction of sp³-hybridized carbons (Fsp3) is 0.559. The molecule has 0 radical (unpaired) electrons. The molecule has 5 N–H and O–H groups in total. The zero-order valence-corrected chi connectivity index (χ0v) is 30.6. The van der Waals surface area contributed by atoms with Crippen molar-refractivity contribution in [1.82, 2.24) is 15.5 Å². The molecule has 0 saturated carbocycles. The number of benzene rings is 1. The lowest BCUT2D eigenvalue weighted by molar-refractivity contribution is -0.203. The molecule has 18 nitrogen and oxygen atoms in total. The van der Waals surface area contributed by atoms with E-state index in [-0.39, 0.29) is 58.1 Å². The molecule has 0 bridgehead atoms. The van der Waals surface area contributed by atoms with E-state index in [4.69, 9.17) is 23.7 Å². The number of aliphatic hydroxyl groups is 1. The van der Waals surface area contributed by atoms with E-state index < -0.39 is 58.2 Å². The fourth-order valence-corrected chi connectivity index (χ4v) is 5.47. The number of aliphatic hydroxyl groups excluding tert-OH is 1. The summed E-state index contributed by atoms with van der Waals surface area (Å²) in [5.74, 6) is -2.94. The minimum atomic E-state index is -4.62. The third kappa shape index (κ3) is 18.2. The average molecular weight is 772 g/mol. The van der Waals surface area contributed by atoms with Gasteiger partial charge in [-0.25, -0.2) is 4.79 Å². The Morgan fingerprint density at radius 1 is 1.13 bits per heavy atom. The van der Waals surface area contributed by atoms with Crippen molar-refractivity contribution in [3.63, 3.8) is 0 Å². The lowest BCUT2D eigenvalue weighted by Gasteiger charge is -2.31. The van der Waals surface area contributed by atoms with Crippen LogP contribution in [0.15, 0.2) is 42.7 Å².